The Bertz CT molecular complexity index is 431. The van der Waals surface area contributed by atoms with E-state index < -0.39 is 0 Å². The first-order chi connectivity index (χ1) is 6.65. The van der Waals surface area contributed by atoms with E-state index in [0.717, 1.165) is 5.69 Å². The highest BCUT2D eigenvalue weighted by Crippen LogP contribution is 2.14. The minimum atomic E-state index is -0.357. The fraction of sp³-hybridized carbons (Fsp3) is 0.222. The van der Waals surface area contributed by atoms with Gasteiger partial charge in [-0.3, -0.25) is 14.9 Å². The first-order valence-electron chi connectivity index (χ1n) is 4.13. The molecule has 1 aliphatic heterocycles. The molecular formula is C9H8N2O3. The molecule has 1 N–H and O–H groups in total. The minimum Gasteiger partial charge on any atom is -0.357 e. The van der Waals surface area contributed by atoms with Gasteiger partial charge in [-0.25, -0.2) is 0 Å². The van der Waals surface area contributed by atoms with E-state index >= 15 is 0 Å². The number of aromatic nitrogens is 1. The van der Waals surface area contributed by atoms with Gasteiger partial charge in [-0.1, -0.05) is 5.16 Å². The number of amides is 2. The molecule has 0 saturated carbocycles. The average molecular weight is 192 g/mol. The van der Waals surface area contributed by atoms with Crippen LogP contribution in [0.4, 0.5) is 0 Å². The molecule has 2 amide bonds. The molecular weight excluding hydrogens is 184 g/mol. The molecule has 14 heavy (non-hydrogen) atoms. The third-order valence-electron chi connectivity index (χ3n) is 1.86. The van der Waals surface area contributed by atoms with Gasteiger partial charge in [0.1, 0.15) is 0 Å². The van der Waals surface area contributed by atoms with Crippen molar-refractivity contribution in [3.63, 3.8) is 0 Å². The Morgan fingerprint density at radius 2 is 2.36 bits per heavy atom. The Morgan fingerprint density at radius 1 is 1.57 bits per heavy atom. The van der Waals surface area contributed by atoms with Gasteiger partial charge in [-0.2, -0.15) is 0 Å². The third-order valence-corrected chi connectivity index (χ3v) is 1.86. The molecule has 0 radical (unpaired) electrons. The fourth-order valence-electron chi connectivity index (χ4n) is 1.24. The summed E-state index contributed by atoms with van der Waals surface area (Å²) in [5.41, 5.74) is 1.15. The summed E-state index contributed by atoms with van der Waals surface area (Å²) in [6.07, 6.45) is 1.64. The van der Waals surface area contributed by atoms with E-state index in [9.17, 15) is 9.59 Å². The van der Waals surface area contributed by atoms with E-state index in [2.05, 4.69) is 10.5 Å². The molecule has 1 saturated heterocycles. The Balaban J connectivity index is 2.27. The summed E-state index contributed by atoms with van der Waals surface area (Å²) in [4.78, 5) is 22.0. The standard InChI is InChI=1S/C9H8N2O3/c1-5-2-7(14-11-5)3-6-4-8(12)10-9(6)13/h2-3H,4H2,1H3,(H,10,12,13)/b6-3-. The maximum absolute atomic E-state index is 11.1. The molecule has 1 aliphatic rings. The average Bonchev–Trinajstić information content (AvgIpc) is 2.61. The maximum Gasteiger partial charge on any atom is 0.254 e. The second-order valence-electron chi connectivity index (χ2n) is 3.09. The highest BCUT2D eigenvalue weighted by molar-refractivity contribution is 6.15. The van der Waals surface area contributed by atoms with Crippen molar-refractivity contribution in [2.24, 2.45) is 0 Å². The molecule has 0 aromatic carbocycles. The second-order valence-corrected chi connectivity index (χ2v) is 3.09. The number of nitrogens with zero attached hydrogens (tertiary/aromatic N) is 1. The van der Waals surface area contributed by atoms with Crippen LogP contribution < -0.4 is 5.32 Å². The molecule has 0 atom stereocenters. The molecule has 2 heterocycles. The minimum absolute atomic E-state index is 0.110. The molecule has 0 spiro atoms. The molecule has 0 aliphatic carbocycles. The van der Waals surface area contributed by atoms with Crippen molar-refractivity contribution in [3.8, 4) is 0 Å². The third kappa shape index (κ3) is 1.56. The highest BCUT2D eigenvalue weighted by atomic mass is 16.5. The maximum atomic E-state index is 11.1. The van der Waals surface area contributed by atoms with E-state index in [1.54, 1.807) is 13.0 Å². The van der Waals surface area contributed by atoms with Crippen molar-refractivity contribution >= 4 is 17.9 Å². The van der Waals surface area contributed by atoms with Crippen LogP contribution in [0.3, 0.4) is 0 Å². The lowest BCUT2D eigenvalue weighted by atomic mass is 10.2. The van der Waals surface area contributed by atoms with Gasteiger partial charge in [0.05, 0.1) is 12.1 Å². The van der Waals surface area contributed by atoms with Gasteiger partial charge < -0.3 is 4.52 Å². The molecule has 1 fully saturated rings. The van der Waals surface area contributed by atoms with Crippen molar-refractivity contribution in [1.29, 1.82) is 0 Å². The molecule has 5 heteroatoms. The Labute approximate surface area is 79.8 Å². The summed E-state index contributed by atoms with van der Waals surface area (Å²) < 4.78 is 4.89. The van der Waals surface area contributed by atoms with Gasteiger partial charge >= 0.3 is 0 Å². The van der Waals surface area contributed by atoms with E-state index in [1.807, 2.05) is 0 Å². The monoisotopic (exact) mass is 192 g/mol. The van der Waals surface area contributed by atoms with Crippen LogP contribution in [0.1, 0.15) is 17.9 Å². The van der Waals surface area contributed by atoms with Crippen LogP contribution in [0.15, 0.2) is 16.2 Å². The number of nitrogens with one attached hydrogen (secondary N) is 1. The van der Waals surface area contributed by atoms with E-state index in [-0.39, 0.29) is 18.2 Å². The molecule has 2 rings (SSSR count). The number of aryl methyl sites for hydroxylation is 1. The van der Waals surface area contributed by atoms with Gasteiger partial charge in [0, 0.05) is 11.6 Å². The van der Waals surface area contributed by atoms with Gasteiger partial charge in [-0.15, -0.1) is 0 Å². The zero-order valence-corrected chi connectivity index (χ0v) is 7.53. The second kappa shape index (κ2) is 3.10. The van der Waals surface area contributed by atoms with Crippen molar-refractivity contribution in [2.45, 2.75) is 13.3 Å². The smallest absolute Gasteiger partial charge is 0.254 e. The molecule has 0 unspecified atom stereocenters. The van der Waals surface area contributed by atoms with E-state index in [0.29, 0.717) is 11.3 Å². The normalized spacial score (nSPS) is 19.1. The van der Waals surface area contributed by atoms with Crippen molar-refractivity contribution in [3.05, 3.63) is 23.1 Å². The lowest BCUT2D eigenvalue weighted by Crippen LogP contribution is -2.19. The number of carbonyl (C=O) groups excluding carboxylic acids is 2. The quantitative estimate of drug-likeness (QED) is 0.516. The molecule has 1 aromatic heterocycles. The zero-order valence-electron chi connectivity index (χ0n) is 7.53. The van der Waals surface area contributed by atoms with Gasteiger partial charge in [0.15, 0.2) is 5.76 Å². The Kier molecular flexibility index (Phi) is 1.92. The first-order valence-corrected chi connectivity index (χ1v) is 4.13. The predicted molar refractivity (Wildman–Crippen MR) is 47.0 cm³/mol. The summed E-state index contributed by atoms with van der Waals surface area (Å²) in [6, 6.07) is 1.70. The lowest BCUT2D eigenvalue weighted by Gasteiger charge is -1.87. The number of imide groups is 1. The van der Waals surface area contributed by atoms with Gasteiger partial charge in [0.2, 0.25) is 5.91 Å². The summed E-state index contributed by atoms with van der Waals surface area (Å²) in [5, 5.41) is 5.85. The number of rotatable bonds is 1. The van der Waals surface area contributed by atoms with E-state index in [1.165, 1.54) is 6.08 Å². The largest absolute Gasteiger partial charge is 0.357 e. The van der Waals surface area contributed by atoms with Crippen molar-refractivity contribution in [2.75, 3.05) is 0 Å². The van der Waals surface area contributed by atoms with Crippen LogP contribution in [0, 0.1) is 6.92 Å². The number of hydrogen-bond donors (Lipinski definition) is 1. The van der Waals surface area contributed by atoms with Gasteiger partial charge in [-0.05, 0) is 13.0 Å². The van der Waals surface area contributed by atoms with Crippen LogP contribution in [-0.2, 0) is 9.59 Å². The van der Waals surface area contributed by atoms with Crippen LogP contribution >= 0.6 is 0 Å². The van der Waals surface area contributed by atoms with E-state index in [4.69, 9.17) is 4.52 Å². The van der Waals surface area contributed by atoms with Crippen LogP contribution in [0.2, 0.25) is 0 Å². The van der Waals surface area contributed by atoms with Crippen molar-refractivity contribution < 1.29 is 14.1 Å². The van der Waals surface area contributed by atoms with Crippen LogP contribution in [0.25, 0.3) is 6.08 Å². The topological polar surface area (TPSA) is 72.2 Å². The summed E-state index contributed by atoms with van der Waals surface area (Å²) in [7, 11) is 0. The summed E-state index contributed by atoms with van der Waals surface area (Å²) in [6.45, 7) is 1.78. The number of hydrogen-bond acceptors (Lipinski definition) is 4. The number of carbonyl (C=O) groups is 2. The zero-order chi connectivity index (χ0) is 10.1. The summed E-state index contributed by atoms with van der Waals surface area (Å²) in [5.74, 6) is -0.149. The van der Waals surface area contributed by atoms with Crippen LogP contribution in [-0.4, -0.2) is 17.0 Å². The first kappa shape index (κ1) is 8.68. The fourth-order valence-corrected chi connectivity index (χ4v) is 1.24. The molecule has 1 aromatic rings. The van der Waals surface area contributed by atoms with Gasteiger partial charge in [0.25, 0.3) is 5.91 Å². The lowest BCUT2D eigenvalue weighted by molar-refractivity contribution is -0.124. The highest BCUT2D eigenvalue weighted by Gasteiger charge is 2.24. The molecule has 0 bridgehead atoms. The van der Waals surface area contributed by atoms with Crippen molar-refractivity contribution in [1.82, 2.24) is 10.5 Å². The SMILES string of the molecule is Cc1cc(/C=C2/CC(=O)NC2=O)on1. The molecule has 5 nitrogen and oxygen atoms in total. The Morgan fingerprint density at radius 3 is 2.86 bits per heavy atom. The molecule has 72 valence electrons. The summed E-state index contributed by atoms with van der Waals surface area (Å²) >= 11 is 0. The Hall–Kier alpha value is -1.91. The predicted octanol–water partition coefficient (Wildman–Crippen LogP) is 0.413. The van der Waals surface area contributed by atoms with Crippen LogP contribution in [0.5, 0.6) is 0 Å².